The molecule has 0 radical (unpaired) electrons. The molecule has 1 aromatic rings. The molecule has 1 aliphatic rings. The number of aromatic carboxylic acids is 1. The van der Waals surface area contributed by atoms with Gasteiger partial charge in [0.25, 0.3) is 0 Å². The van der Waals surface area contributed by atoms with E-state index in [1.54, 1.807) is 25.1 Å². The second-order valence-electron chi connectivity index (χ2n) is 4.01. The number of carboxylic acids is 1. The molecule has 0 aromatic heterocycles. The number of benzene rings is 1. The number of carboxylic acid groups (broad SMARTS) is 1. The Morgan fingerprint density at radius 1 is 1.45 bits per heavy atom. The van der Waals surface area contributed by atoms with Crippen molar-refractivity contribution in [3.05, 3.63) is 35.4 Å². The number of amides is 1. The van der Waals surface area contributed by atoms with Crippen LogP contribution in [0.25, 0.3) is 0 Å². The standard InChI is InChI=1S/C8H8O2.C5H8N2O2.Na/c1-6-4-2-3-5-7(6)8(9)10;1-4-2-5(6-3-8)9-7-4;/h2-5H,1H3,(H,9,10);3,5H,2H2,1H3,(H,6,8);/q;;+1/p-1. The summed E-state index contributed by atoms with van der Waals surface area (Å²) in [5.41, 5.74) is 1.92. The van der Waals surface area contributed by atoms with E-state index in [2.05, 4.69) is 10.5 Å². The first kappa shape index (κ1) is 18.6. The quantitative estimate of drug-likeness (QED) is 0.480. The summed E-state index contributed by atoms with van der Waals surface area (Å²) in [4.78, 5) is 24.9. The second-order valence-corrected chi connectivity index (χ2v) is 4.01. The van der Waals surface area contributed by atoms with E-state index in [0.29, 0.717) is 12.8 Å². The minimum Gasteiger partial charge on any atom is -0.545 e. The molecular formula is C13H15N2NaO4. The molecule has 1 atom stereocenters. The Bertz CT molecular complexity index is 491. The van der Waals surface area contributed by atoms with Crippen LogP contribution in [0.1, 0.15) is 29.3 Å². The van der Waals surface area contributed by atoms with Gasteiger partial charge in [0.15, 0.2) is 0 Å². The Hall–Kier alpha value is -1.37. The van der Waals surface area contributed by atoms with Crippen molar-refractivity contribution >= 4 is 18.1 Å². The molecule has 2 rings (SSSR count). The van der Waals surface area contributed by atoms with E-state index in [9.17, 15) is 14.7 Å². The Balaban J connectivity index is 0.000000345. The third-order valence-electron chi connectivity index (χ3n) is 2.44. The zero-order chi connectivity index (χ0) is 14.3. The smallest absolute Gasteiger partial charge is 0.545 e. The van der Waals surface area contributed by atoms with E-state index in [1.165, 1.54) is 6.07 Å². The van der Waals surface area contributed by atoms with Crippen molar-refractivity contribution < 1.29 is 49.1 Å². The summed E-state index contributed by atoms with van der Waals surface area (Å²) in [6.45, 7) is 3.59. The maximum absolute atomic E-state index is 10.3. The summed E-state index contributed by atoms with van der Waals surface area (Å²) in [5, 5.41) is 16.4. The zero-order valence-corrected chi connectivity index (χ0v) is 13.8. The van der Waals surface area contributed by atoms with Gasteiger partial charge in [-0.2, -0.15) is 0 Å². The summed E-state index contributed by atoms with van der Waals surface area (Å²) >= 11 is 0. The molecule has 0 bridgehead atoms. The Morgan fingerprint density at radius 2 is 2.10 bits per heavy atom. The first-order chi connectivity index (χ1) is 9.04. The molecule has 0 saturated heterocycles. The van der Waals surface area contributed by atoms with Crippen molar-refractivity contribution in [2.75, 3.05) is 0 Å². The summed E-state index contributed by atoms with van der Waals surface area (Å²) in [6.07, 6.45) is 1.07. The van der Waals surface area contributed by atoms with Crippen LogP contribution in [-0.4, -0.2) is 24.3 Å². The number of rotatable bonds is 3. The van der Waals surface area contributed by atoms with Gasteiger partial charge in [0, 0.05) is 12.0 Å². The van der Waals surface area contributed by atoms with Gasteiger partial charge in [-0.3, -0.25) is 4.79 Å². The van der Waals surface area contributed by atoms with Crippen molar-refractivity contribution in [2.45, 2.75) is 26.5 Å². The van der Waals surface area contributed by atoms with Gasteiger partial charge in [-0.15, -0.1) is 0 Å². The minimum absolute atomic E-state index is 0. The summed E-state index contributed by atoms with van der Waals surface area (Å²) in [5.74, 6) is -1.11. The Morgan fingerprint density at radius 3 is 2.50 bits per heavy atom. The van der Waals surface area contributed by atoms with Crippen molar-refractivity contribution in [2.24, 2.45) is 5.16 Å². The molecule has 1 heterocycles. The van der Waals surface area contributed by atoms with Crippen LogP contribution in [0.15, 0.2) is 29.4 Å². The number of aryl methyl sites for hydroxylation is 1. The fraction of sp³-hybridized carbons (Fsp3) is 0.308. The maximum atomic E-state index is 10.3. The van der Waals surface area contributed by atoms with Crippen molar-refractivity contribution in [1.29, 1.82) is 0 Å². The number of carbonyl (C=O) groups excluding carboxylic acids is 2. The zero-order valence-electron chi connectivity index (χ0n) is 11.8. The van der Waals surface area contributed by atoms with E-state index < -0.39 is 5.97 Å². The SMILES string of the molecule is CC1=NOC(NC=O)C1.Cc1ccccc1C(=O)[O-].[Na+]. The molecule has 102 valence electrons. The molecule has 1 amide bonds. The molecule has 1 N–H and O–H groups in total. The number of nitrogens with one attached hydrogen (secondary N) is 1. The number of carbonyl (C=O) groups is 2. The van der Waals surface area contributed by atoms with E-state index in [-0.39, 0.29) is 41.3 Å². The third kappa shape index (κ3) is 6.18. The average molecular weight is 286 g/mol. The largest absolute Gasteiger partial charge is 1.00 e. The summed E-state index contributed by atoms with van der Waals surface area (Å²) in [6, 6.07) is 6.75. The predicted molar refractivity (Wildman–Crippen MR) is 67.3 cm³/mol. The fourth-order valence-electron chi connectivity index (χ4n) is 1.46. The topological polar surface area (TPSA) is 90.8 Å². The molecular weight excluding hydrogens is 271 g/mol. The van der Waals surface area contributed by atoms with Crippen molar-refractivity contribution in [1.82, 2.24) is 5.32 Å². The van der Waals surface area contributed by atoms with Crippen LogP contribution in [-0.2, 0) is 9.63 Å². The molecule has 1 aromatic carbocycles. The van der Waals surface area contributed by atoms with Crippen molar-refractivity contribution in [3.8, 4) is 0 Å². The predicted octanol–water partition coefficient (Wildman–Crippen LogP) is -2.78. The molecule has 0 fully saturated rings. The molecule has 7 heteroatoms. The molecule has 0 aliphatic carbocycles. The molecule has 6 nitrogen and oxygen atoms in total. The molecule has 1 unspecified atom stereocenters. The summed E-state index contributed by atoms with van der Waals surface area (Å²) < 4.78 is 0. The van der Waals surface area contributed by atoms with Crippen LogP contribution in [0.2, 0.25) is 0 Å². The monoisotopic (exact) mass is 286 g/mol. The van der Waals surface area contributed by atoms with Crippen LogP contribution in [0.5, 0.6) is 0 Å². The van der Waals surface area contributed by atoms with Gasteiger partial charge in [0.1, 0.15) is 0 Å². The first-order valence-electron chi connectivity index (χ1n) is 5.70. The fourth-order valence-corrected chi connectivity index (χ4v) is 1.46. The molecule has 0 spiro atoms. The van der Waals surface area contributed by atoms with Gasteiger partial charge in [-0.25, -0.2) is 0 Å². The van der Waals surface area contributed by atoms with E-state index >= 15 is 0 Å². The van der Waals surface area contributed by atoms with Gasteiger partial charge in [-0.1, -0.05) is 29.4 Å². The van der Waals surface area contributed by atoms with Crippen LogP contribution in [0, 0.1) is 6.92 Å². The second kappa shape index (κ2) is 9.52. The number of hydrogen-bond donors (Lipinski definition) is 1. The van der Waals surface area contributed by atoms with Gasteiger partial charge in [-0.05, 0) is 19.4 Å². The van der Waals surface area contributed by atoms with Crippen molar-refractivity contribution in [3.63, 3.8) is 0 Å². The summed E-state index contributed by atoms with van der Waals surface area (Å²) in [7, 11) is 0. The van der Waals surface area contributed by atoms with Gasteiger partial charge < -0.3 is 20.1 Å². The Kier molecular flexibility index (Phi) is 8.87. The normalized spacial score (nSPS) is 15.7. The third-order valence-corrected chi connectivity index (χ3v) is 2.44. The van der Waals surface area contributed by atoms with E-state index in [0.717, 1.165) is 11.3 Å². The number of hydrogen-bond acceptors (Lipinski definition) is 5. The van der Waals surface area contributed by atoms with E-state index in [1.807, 2.05) is 6.92 Å². The Labute approximate surface area is 139 Å². The van der Waals surface area contributed by atoms with Gasteiger partial charge in [0.2, 0.25) is 12.6 Å². The van der Waals surface area contributed by atoms with Crippen LogP contribution >= 0.6 is 0 Å². The average Bonchev–Trinajstić information content (AvgIpc) is 2.76. The molecule has 20 heavy (non-hydrogen) atoms. The molecule has 0 saturated carbocycles. The van der Waals surface area contributed by atoms with Crippen LogP contribution in [0.3, 0.4) is 0 Å². The number of nitrogens with zero attached hydrogens (tertiary/aromatic N) is 1. The number of oxime groups is 1. The first-order valence-corrected chi connectivity index (χ1v) is 5.70. The van der Waals surface area contributed by atoms with Crippen LogP contribution in [0.4, 0.5) is 0 Å². The molecule has 1 aliphatic heterocycles. The van der Waals surface area contributed by atoms with Gasteiger partial charge in [0.05, 0.1) is 11.7 Å². The van der Waals surface area contributed by atoms with Gasteiger partial charge >= 0.3 is 29.6 Å². The van der Waals surface area contributed by atoms with Crippen LogP contribution < -0.4 is 40.0 Å². The minimum atomic E-state index is -1.11. The maximum Gasteiger partial charge on any atom is 1.00 e. The van der Waals surface area contributed by atoms with E-state index in [4.69, 9.17) is 4.84 Å².